The van der Waals surface area contributed by atoms with E-state index in [9.17, 15) is 0 Å². The Balaban J connectivity index is 1.84. The van der Waals surface area contributed by atoms with Crippen LogP contribution in [0.3, 0.4) is 0 Å². The van der Waals surface area contributed by atoms with E-state index < -0.39 is 0 Å². The topological polar surface area (TPSA) is 52.0 Å². The van der Waals surface area contributed by atoms with E-state index in [-0.39, 0.29) is 0 Å². The molecule has 3 fully saturated rings. The molecule has 1 aromatic rings. The number of fused-ring (bicyclic) bond motifs is 3. The van der Waals surface area contributed by atoms with Crippen molar-refractivity contribution in [2.75, 3.05) is 18.0 Å². The van der Waals surface area contributed by atoms with Gasteiger partial charge < -0.3 is 10.2 Å². The standard InChI is InChI=1S/C12H14N4/c13-5-9-1-4-12(15-6-9)16-8-10-2-3-11(16)7-14-10/h1,4,6,10-11,14H,2-3,7-8H2/t10-,11-/m1/s1. The number of nitrogens with zero attached hydrogens (tertiary/aromatic N) is 3. The molecule has 0 amide bonds. The lowest BCUT2D eigenvalue weighted by atomic mass is 9.93. The summed E-state index contributed by atoms with van der Waals surface area (Å²) >= 11 is 0. The Morgan fingerprint density at radius 1 is 1.44 bits per heavy atom. The number of aromatic nitrogens is 1. The van der Waals surface area contributed by atoms with E-state index in [1.165, 1.54) is 12.8 Å². The van der Waals surface area contributed by atoms with Crippen molar-refractivity contribution in [3.63, 3.8) is 0 Å². The van der Waals surface area contributed by atoms with Crippen molar-refractivity contribution in [3.05, 3.63) is 23.9 Å². The van der Waals surface area contributed by atoms with Gasteiger partial charge in [-0.1, -0.05) is 0 Å². The molecule has 0 aliphatic carbocycles. The number of piperazine rings is 1. The molecular weight excluding hydrogens is 200 g/mol. The Hall–Kier alpha value is -1.60. The summed E-state index contributed by atoms with van der Waals surface area (Å²) in [6.07, 6.45) is 4.18. The summed E-state index contributed by atoms with van der Waals surface area (Å²) in [6.45, 7) is 2.11. The van der Waals surface area contributed by atoms with E-state index in [1.807, 2.05) is 12.1 Å². The number of rotatable bonds is 1. The zero-order chi connectivity index (χ0) is 11.0. The number of hydrogen-bond acceptors (Lipinski definition) is 4. The molecule has 3 aliphatic heterocycles. The van der Waals surface area contributed by atoms with Gasteiger partial charge in [0.15, 0.2) is 0 Å². The molecule has 3 aliphatic rings. The molecule has 0 unspecified atom stereocenters. The maximum absolute atomic E-state index is 8.73. The average Bonchev–Trinajstić information content (AvgIpc) is 2.40. The summed E-state index contributed by atoms with van der Waals surface area (Å²) in [7, 11) is 0. The molecule has 4 nitrogen and oxygen atoms in total. The SMILES string of the molecule is N#Cc1ccc(N2C[C@H]3CC[C@@H]2CN3)nc1. The van der Waals surface area contributed by atoms with Gasteiger partial charge in [0.25, 0.3) is 0 Å². The molecule has 82 valence electrons. The maximum atomic E-state index is 8.73. The number of pyridine rings is 1. The molecule has 0 saturated carbocycles. The minimum absolute atomic E-state index is 0.574. The number of anilines is 1. The van der Waals surface area contributed by atoms with Gasteiger partial charge in [-0.25, -0.2) is 4.98 Å². The van der Waals surface area contributed by atoms with Crippen molar-refractivity contribution >= 4 is 5.82 Å². The van der Waals surface area contributed by atoms with Crippen molar-refractivity contribution in [2.45, 2.75) is 24.9 Å². The van der Waals surface area contributed by atoms with E-state index in [0.717, 1.165) is 18.9 Å². The molecular formula is C12H14N4. The van der Waals surface area contributed by atoms with Crippen molar-refractivity contribution in [2.24, 2.45) is 0 Å². The lowest BCUT2D eigenvalue weighted by Crippen LogP contribution is -2.61. The highest BCUT2D eigenvalue weighted by molar-refractivity contribution is 5.44. The van der Waals surface area contributed by atoms with E-state index in [0.29, 0.717) is 17.6 Å². The van der Waals surface area contributed by atoms with Crippen molar-refractivity contribution in [1.29, 1.82) is 5.26 Å². The number of nitrogens with one attached hydrogen (secondary N) is 1. The van der Waals surface area contributed by atoms with Gasteiger partial charge in [0.05, 0.1) is 5.56 Å². The Morgan fingerprint density at radius 2 is 2.38 bits per heavy atom. The summed E-state index contributed by atoms with van der Waals surface area (Å²) in [6, 6.07) is 7.09. The average molecular weight is 214 g/mol. The summed E-state index contributed by atoms with van der Waals surface area (Å²) in [5.41, 5.74) is 0.629. The minimum Gasteiger partial charge on any atom is -0.351 e. The smallest absolute Gasteiger partial charge is 0.128 e. The van der Waals surface area contributed by atoms with Crippen LogP contribution in [0, 0.1) is 11.3 Å². The van der Waals surface area contributed by atoms with Crippen molar-refractivity contribution in [1.82, 2.24) is 10.3 Å². The second kappa shape index (κ2) is 3.76. The summed E-state index contributed by atoms with van der Waals surface area (Å²) in [5, 5.41) is 12.2. The van der Waals surface area contributed by atoms with Gasteiger partial charge in [-0.05, 0) is 25.0 Å². The summed E-state index contributed by atoms with van der Waals surface area (Å²) < 4.78 is 0. The van der Waals surface area contributed by atoms with Crippen LogP contribution in [-0.4, -0.2) is 30.2 Å². The second-order valence-corrected chi connectivity index (χ2v) is 4.51. The fourth-order valence-corrected chi connectivity index (χ4v) is 2.61. The third-order valence-electron chi connectivity index (χ3n) is 3.52. The van der Waals surface area contributed by atoms with Gasteiger partial charge >= 0.3 is 0 Å². The van der Waals surface area contributed by atoms with Crippen LogP contribution in [0.4, 0.5) is 5.82 Å². The molecule has 1 aromatic heterocycles. The molecule has 16 heavy (non-hydrogen) atoms. The molecule has 4 rings (SSSR count). The highest BCUT2D eigenvalue weighted by Gasteiger charge is 2.33. The fraction of sp³-hybridized carbons (Fsp3) is 0.500. The number of hydrogen-bond donors (Lipinski definition) is 1. The lowest BCUT2D eigenvalue weighted by Gasteiger charge is -2.46. The summed E-state index contributed by atoms with van der Waals surface area (Å²) in [5.74, 6) is 1.01. The van der Waals surface area contributed by atoms with E-state index in [2.05, 4.69) is 21.3 Å². The quantitative estimate of drug-likeness (QED) is 0.754. The van der Waals surface area contributed by atoms with Crippen molar-refractivity contribution in [3.8, 4) is 6.07 Å². The van der Waals surface area contributed by atoms with Crippen LogP contribution in [0.15, 0.2) is 18.3 Å². The van der Waals surface area contributed by atoms with Crippen LogP contribution in [0.5, 0.6) is 0 Å². The van der Waals surface area contributed by atoms with Crippen LogP contribution < -0.4 is 10.2 Å². The van der Waals surface area contributed by atoms with Gasteiger partial charge in [-0.15, -0.1) is 0 Å². The normalized spacial score (nSPS) is 27.8. The Bertz CT molecular complexity index is 412. The van der Waals surface area contributed by atoms with E-state index in [4.69, 9.17) is 5.26 Å². The Labute approximate surface area is 94.9 Å². The third kappa shape index (κ3) is 1.54. The van der Waals surface area contributed by atoms with Crippen LogP contribution in [0.25, 0.3) is 0 Å². The molecule has 2 bridgehead atoms. The zero-order valence-electron chi connectivity index (χ0n) is 9.06. The predicted octanol–water partition coefficient (Wildman–Crippen LogP) is 0.894. The summed E-state index contributed by atoms with van der Waals surface area (Å²) in [4.78, 5) is 6.73. The van der Waals surface area contributed by atoms with Crippen LogP contribution in [0.2, 0.25) is 0 Å². The first-order chi connectivity index (χ1) is 7.86. The highest BCUT2D eigenvalue weighted by Crippen LogP contribution is 2.26. The molecule has 1 N–H and O–H groups in total. The third-order valence-corrected chi connectivity index (χ3v) is 3.52. The predicted molar refractivity (Wildman–Crippen MR) is 61.1 cm³/mol. The Morgan fingerprint density at radius 3 is 2.88 bits per heavy atom. The van der Waals surface area contributed by atoms with Crippen LogP contribution >= 0.6 is 0 Å². The highest BCUT2D eigenvalue weighted by atomic mass is 15.3. The number of nitriles is 1. The zero-order valence-corrected chi connectivity index (χ0v) is 9.06. The van der Waals surface area contributed by atoms with Crippen LogP contribution in [0.1, 0.15) is 18.4 Å². The minimum atomic E-state index is 0.574. The lowest BCUT2D eigenvalue weighted by molar-refractivity contribution is 0.289. The Kier molecular flexibility index (Phi) is 2.26. The van der Waals surface area contributed by atoms with Crippen LogP contribution in [-0.2, 0) is 0 Å². The first-order valence-electron chi connectivity index (χ1n) is 5.73. The first-order valence-corrected chi connectivity index (χ1v) is 5.73. The van der Waals surface area contributed by atoms with Crippen molar-refractivity contribution < 1.29 is 0 Å². The largest absolute Gasteiger partial charge is 0.351 e. The molecule has 2 atom stereocenters. The monoisotopic (exact) mass is 214 g/mol. The van der Waals surface area contributed by atoms with Gasteiger partial charge in [0.2, 0.25) is 0 Å². The van der Waals surface area contributed by atoms with E-state index >= 15 is 0 Å². The molecule has 3 saturated heterocycles. The van der Waals surface area contributed by atoms with Gasteiger partial charge in [-0.2, -0.15) is 5.26 Å². The first kappa shape index (κ1) is 9.61. The molecule has 4 heteroatoms. The van der Waals surface area contributed by atoms with Gasteiger partial charge in [0.1, 0.15) is 11.9 Å². The molecule has 0 spiro atoms. The van der Waals surface area contributed by atoms with Gasteiger partial charge in [-0.3, -0.25) is 0 Å². The maximum Gasteiger partial charge on any atom is 0.128 e. The fourth-order valence-electron chi connectivity index (χ4n) is 2.61. The molecule has 4 heterocycles. The molecule has 0 aromatic carbocycles. The second-order valence-electron chi connectivity index (χ2n) is 4.51. The van der Waals surface area contributed by atoms with E-state index in [1.54, 1.807) is 6.20 Å². The molecule has 0 radical (unpaired) electrons. The van der Waals surface area contributed by atoms with Gasteiger partial charge in [0, 0.05) is 31.4 Å². The number of piperidine rings is 2.